The average molecular weight is 395 g/mol. The van der Waals surface area contributed by atoms with E-state index in [0.29, 0.717) is 5.92 Å². The van der Waals surface area contributed by atoms with Crippen LogP contribution in [0.5, 0.6) is 0 Å². The largest absolute Gasteiger partial charge is 0.308 e. The van der Waals surface area contributed by atoms with E-state index in [9.17, 15) is 0 Å². The molecule has 0 amide bonds. The van der Waals surface area contributed by atoms with Crippen LogP contribution in [0.1, 0.15) is 29.9 Å². The van der Waals surface area contributed by atoms with E-state index in [1.165, 1.54) is 43.6 Å². The van der Waals surface area contributed by atoms with Gasteiger partial charge in [0.15, 0.2) is 0 Å². The summed E-state index contributed by atoms with van der Waals surface area (Å²) in [4.78, 5) is 4.91. The Kier molecular flexibility index (Phi) is 10.3. The molecule has 26 heavy (non-hydrogen) atoms. The molecule has 0 aliphatic carbocycles. The summed E-state index contributed by atoms with van der Waals surface area (Å²) in [7, 11) is 4.32. The predicted molar refractivity (Wildman–Crippen MR) is 117 cm³/mol. The number of piperidine rings is 1. The lowest BCUT2D eigenvalue weighted by molar-refractivity contribution is 0.163. The molecule has 1 aliphatic heterocycles. The van der Waals surface area contributed by atoms with E-state index in [1.807, 2.05) is 0 Å². The Labute approximate surface area is 171 Å². The van der Waals surface area contributed by atoms with Crippen LogP contribution >= 0.6 is 24.8 Å². The predicted octanol–water partition coefficient (Wildman–Crippen LogP) is 4.94. The molecule has 1 aliphatic rings. The molecule has 2 aromatic carbocycles. The Bertz CT molecular complexity index is 557. The maximum absolute atomic E-state index is 2.63. The van der Waals surface area contributed by atoms with Crippen LogP contribution in [0.15, 0.2) is 60.7 Å². The molecule has 3 rings (SSSR count). The molecule has 1 heterocycles. The van der Waals surface area contributed by atoms with E-state index in [-0.39, 0.29) is 24.8 Å². The summed E-state index contributed by atoms with van der Waals surface area (Å²) in [6.45, 7) is 4.82. The fourth-order valence-electron chi connectivity index (χ4n) is 3.91. The number of hydrogen-bond donors (Lipinski definition) is 0. The van der Waals surface area contributed by atoms with Gasteiger partial charge in [0, 0.05) is 19.0 Å². The summed E-state index contributed by atoms with van der Waals surface area (Å²) in [5.41, 5.74) is 2.94. The summed E-state index contributed by atoms with van der Waals surface area (Å²) >= 11 is 0. The zero-order chi connectivity index (χ0) is 16.8. The molecule has 1 fully saturated rings. The molecule has 0 saturated carbocycles. The third-order valence-corrected chi connectivity index (χ3v) is 5.28. The van der Waals surface area contributed by atoms with Crippen molar-refractivity contribution in [1.82, 2.24) is 9.80 Å². The SMILES string of the molecule is CN(C)CCN1CCC(C(c2ccccc2)c2ccccc2)CC1.Cl.Cl. The Balaban J connectivity index is 0.00000169. The fourth-order valence-corrected chi connectivity index (χ4v) is 3.91. The summed E-state index contributed by atoms with van der Waals surface area (Å²) in [5.74, 6) is 1.27. The van der Waals surface area contributed by atoms with Crippen LogP contribution in [0.3, 0.4) is 0 Å². The third kappa shape index (κ3) is 6.28. The Morgan fingerprint density at radius 2 is 1.31 bits per heavy atom. The molecule has 144 valence electrons. The topological polar surface area (TPSA) is 6.48 Å². The van der Waals surface area contributed by atoms with E-state index in [2.05, 4.69) is 84.6 Å². The van der Waals surface area contributed by atoms with E-state index < -0.39 is 0 Å². The highest BCUT2D eigenvalue weighted by Crippen LogP contribution is 2.37. The highest BCUT2D eigenvalue weighted by molar-refractivity contribution is 5.85. The quantitative estimate of drug-likeness (QED) is 0.684. The molecule has 0 aromatic heterocycles. The van der Waals surface area contributed by atoms with Crippen molar-refractivity contribution in [2.45, 2.75) is 18.8 Å². The second-order valence-corrected chi connectivity index (χ2v) is 7.28. The van der Waals surface area contributed by atoms with Crippen LogP contribution in [-0.2, 0) is 0 Å². The molecule has 0 radical (unpaired) electrons. The minimum absolute atomic E-state index is 0. The monoisotopic (exact) mass is 394 g/mol. The van der Waals surface area contributed by atoms with Gasteiger partial charge in [0.05, 0.1) is 0 Å². The molecule has 0 N–H and O–H groups in total. The lowest BCUT2D eigenvalue weighted by atomic mass is 9.76. The van der Waals surface area contributed by atoms with Gasteiger partial charge in [-0.3, -0.25) is 0 Å². The maximum atomic E-state index is 2.63. The smallest absolute Gasteiger partial charge is 0.0119 e. The van der Waals surface area contributed by atoms with Crippen LogP contribution < -0.4 is 0 Å². The minimum atomic E-state index is 0. The molecule has 1 saturated heterocycles. The van der Waals surface area contributed by atoms with Gasteiger partial charge in [0.25, 0.3) is 0 Å². The number of likely N-dealkylation sites (tertiary alicyclic amines) is 1. The first-order valence-electron chi connectivity index (χ1n) is 9.21. The van der Waals surface area contributed by atoms with Gasteiger partial charge in [0.2, 0.25) is 0 Å². The van der Waals surface area contributed by atoms with E-state index in [4.69, 9.17) is 0 Å². The number of nitrogens with zero attached hydrogens (tertiary/aromatic N) is 2. The standard InChI is InChI=1S/C22H30N2.2ClH/c1-23(2)17-18-24-15-13-21(14-16-24)22(19-9-5-3-6-10-19)20-11-7-4-8-12-20;;/h3-12,21-22H,13-18H2,1-2H3;2*1H. The molecular weight excluding hydrogens is 363 g/mol. The molecule has 0 unspecified atom stereocenters. The lowest BCUT2D eigenvalue weighted by Crippen LogP contribution is -2.39. The molecule has 0 spiro atoms. The first-order chi connectivity index (χ1) is 11.7. The fraction of sp³-hybridized carbons (Fsp3) is 0.455. The van der Waals surface area contributed by atoms with E-state index in [1.54, 1.807) is 0 Å². The van der Waals surface area contributed by atoms with E-state index >= 15 is 0 Å². The zero-order valence-electron chi connectivity index (χ0n) is 15.9. The van der Waals surface area contributed by atoms with Gasteiger partial charge >= 0.3 is 0 Å². The van der Waals surface area contributed by atoms with Crippen LogP contribution in [0.4, 0.5) is 0 Å². The van der Waals surface area contributed by atoms with Gasteiger partial charge in [-0.25, -0.2) is 0 Å². The second kappa shape index (κ2) is 11.6. The van der Waals surface area contributed by atoms with Crippen molar-refractivity contribution in [3.63, 3.8) is 0 Å². The highest BCUT2D eigenvalue weighted by Gasteiger charge is 2.28. The Morgan fingerprint density at radius 1 is 0.846 bits per heavy atom. The van der Waals surface area contributed by atoms with Crippen LogP contribution in [0.25, 0.3) is 0 Å². The first kappa shape index (κ1) is 23.0. The average Bonchev–Trinajstić information content (AvgIpc) is 2.63. The van der Waals surface area contributed by atoms with Crippen molar-refractivity contribution in [3.8, 4) is 0 Å². The van der Waals surface area contributed by atoms with Gasteiger partial charge in [0.1, 0.15) is 0 Å². The van der Waals surface area contributed by atoms with Crippen LogP contribution in [0.2, 0.25) is 0 Å². The third-order valence-electron chi connectivity index (χ3n) is 5.28. The number of rotatable bonds is 6. The van der Waals surface area contributed by atoms with E-state index in [0.717, 1.165) is 12.5 Å². The summed E-state index contributed by atoms with van der Waals surface area (Å²) in [6, 6.07) is 22.2. The van der Waals surface area contributed by atoms with Gasteiger partial charge in [-0.15, -0.1) is 24.8 Å². The number of likely N-dealkylation sites (N-methyl/N-ethyl adjacent to an activating group) is 1. The van der Waals surface area contributed by atoms with Crippen molar-refractivity contribution < 1.29 is 0 Å². The summed E-state index contributed by atoms with van der Waals surface area (Å²) in [6.07, 6.45) is 2.59. The number of benzene rings is 2. The van der Waals surface area contributed by atoms with Gasteiger partial charge in [-0.1, -0.05) is 60.7 Å². The number of hydrogen-bond acceptors (Lipinski definition) is 2. The maximum Gasteiger partial charge on any atom is 0.0119 e. The highest BCUT2D eigenvalue weighted by atomic mass is 35.5. The Morgan fingerprint density at radius 3 is 1.73 bits per heavy atom. The molecule has 4 heteroatoms. The summed E-state index contributed by atoms with van der Waals surface area (Å²) in [5, 5.41) is 0. The molecule has 2 nitrogen and oxygen atoms in total. The minimum Gasteiger partial charge on any atom is -0.308 e. The Hall–Kier alpha value is -1.06. The first-order valence-corrected chi connectivity index (χ1v) is 9.21. The molecule has 0 atom stereocenters. The van der Waals surface area contributed by atoms with Crippen molar-refractivity contribution in [2.75, 3.05) is 40.3 Å². The van der Waals surface area contributed by atoms with Gasteiger partial charge in [-0.05, 0) is 57.1 Å². The van der Waals surface area contributed by atoms with Crippen molar-refractivity contribution >= 4 is 24.8 Å². The number of halogens is 2. The normalized spacial score (nSPS) is 15.5. The zero-order valence-corrected chi connectivity index (χ0v) is 17.5. The van der Waals surface area contributed by atoms with Crippen LogP contribution in [-0.4, -0.2) is 50.1 Å². The molecule has 0 bridgehead atoms. The van der Waals surface area contributed by atoms with Crippen LogP contribution in [0, 0.1) is 5.92 Å². The van der Waals surface area contributed by atoms with Gasteiger partial charge in [-0.2, -0.15) is 0 Å². The van der Waals surface area contributed by atoms with Gasteiger partial charge < -0.3 is 9.80 Å². The molecule has 2 aromatic rings. The van der Waals surface area contributed by atoms with Crippen molar-refractivity contribution in [2.24, 2.45) is 5.92 Å². The van der Waals surface area contributed by atoms with Crippen molar-refractivity contribution in [3.05, 3.63) is 71.8 Å². The second-order valence-electron chi connectivity index (χ2n) is 7.28. The molecular formula is C22H32Cl2N2. The lowest BCUT2D eigenvalue weighted by Gasteiger charge is -2.37. The summed E-state index contributed by atoms with van der Waals surface area (Å²) < 4.78 is 0. The van der Waals surface area contributed by atoms with Crippen molar-refractivity contribution in [1.29, 1.82) is 0 Å².